The first kappa shape index (κ1) is 16.0. The summed E-state index contributed by atoms with van der Waals surface area (Å²) >= 11 is 0. The highest BCUT2D eigenvalue weighted by Crippen LogP contribution is 2.42. The normalized spacial score (nSPS) is 11.9. The van der Waals surface area contributed by atoms with Crippen molar-refractivity contribution in [3.63, 3.8) is 0 Å². The van der Waals surface area contributed by atoms with Gasteiger partial charge in [-0.3, -0.25) is 0 Å². The van der Waals surface area contributed by atoms with Gasteiger partial charge in [-0.25, -0.2) is 0 Å². The SMILES string of the molecule is Cc1ccc(C(c2c(C)[nH]c3ccccc23)c2c(C)[nH]c3ccccc23)o1. The summed E-state index contributed by atoms with van der Waals surface area (Å²) in [7, 11) is 0. The number of H-pyrrole nitrogens is 2. The van der Waals surface area contributed by atoms with Crippen molar-refractivity contribution in [1.82, 2.24) is 9.97 Å². The van der Waals surface area contributed by atoms with Gasteiger partial charge >= 0.3 is 0 Å². The van der Waals surface area contributed by atoms with E-state index < -0.39 is 0 Å². The first-order valence-corrected chi connectivity index (χ1v) is 9.34. The quantitative estimate of drug-likeness (QED) is 0.390. The smallest absolute Gasteiger partial charge is 0.116 e. The molecule has 0 bridgehead atoms. The number of furan rings is 1. The number of para-hydroxylation sites is 2. The van der Waals surface area contributed by atoms with Crippen LogP contribution < -0.4 is 0 Å². The second kappa shape index (κ2) is 5.92. The maximum absolute atomic E-state index is 6.17. The lowest BCUT2D eigenvalue weighted by atomic mass is 9.85. The van der Waals surface area contributed by atoms with Gasteiger partial charge in [-0.2, -0.15) is 0 Å². The van der Waals surface area contributed by atoms with Crippen LogP contribution >= 0.6 is 0 Å². The summed E-state index contributed by atoms with van der Waals surface area (Å²) in [5.74, 6) is 1.95. The Kier molecular flexibility index (Phi) is 3.51. The van der Waals surface area contributed by atoms with Gasteiger partial charge in [-0.15, -0.1) is 0 Å². The predicted octanol–water partition coefficient (Wildman–Crippen LogP) is 6.35. The molecule has 27 heavy (non-hydrogen) atoms. The molecule has 3 aromatic heterocycles. The molecule has 5 aromatic rings. The lowest BCUT2D eigenvalue weighted by Crippen LogP contribution is -2.05. The molecule has 0 spiro atoms. The Morgan fingerprint density at radius 2 is 1.19 bits per heavy atom. The Morgan fingerprint density at radius 1 is 0.667 bits per heavy atom. The van der Waals surface area contributed by atoms with E-state index in [2.05, 4.69) is 84.5 Å². The maximum atomic E-state index is 6.17. The third kappa shape index (κ3) is 2.42. The van der Waals surface area contributed by atoms with Crippen molar-refractivity contribution >= 4 is 21.8 Å². The Labute approximate surface area is 158 Å². The molecule has 0 aliphatic rings. The lowest BCUT2D eigenvalue weighted by Gasteiger charge is -2.17. The van der Waals surface area contributed by atoms with Crippen molar-refractivity contribution in [2.45, 2.75) is 26.7 Å². The van der Waals surface area contributed by atoms with Crippen molar-refractivity contribution in [2.24, 2.45) is 0 Å². The van der Waals surface area contributed by atoms with Gasteiger partial charge in [0.15, 0.2) is 0 Å². The molecule has 0 radical (unpaired) electrons. The number of benzene rings is 2. The zero-order chi connectivity index (χ0) is 18.5. The summed E-state index contributed by atoms with van der Waals surface area (Å²) in [5, 5.41) is 2.50. The summed E-state index contributed by atoms with van der Waals surface area (Å²) in [6.45, 7) is 6.31. The van der Waals surface area contributed by atoms with Crippen LogP contribution in [0, 0.1) is 20.8 Å². The summed E-state index contributed by atoms with van der Waals surface area (Å²) in [6, 6.07) is 21.2. The van der Waals surface area contributed by atoms with Crippen LogP contribution in [0.25, 0.3) is 21.8 Å². The van der Waals surface area contributed by atoms with E-state index in [0.29, 0.717) is 0 Å². The van der Waals surface area contributed by atoms with E-state index in [1.54, 1.807) is 0 Å². The standard InChI is InChI=1S/C24H22N2O/c1-14-12-13-21(27-14)24(22-15(2)25-19-10-6-4-8-17(19)22)23-16(3)26-20-11-7-5-9-18(20)23/h4-13,24-26H,1-3H3. The fraction of sp³-hybridized carbons (Fsp3) is 0.167. The van der Waals surface area contributed by atoms with Gasteiger partial charge in [0, 0.05) is 33.2 Å². The molecule has 134 valence electrons. The lowest BCUT2D eigenvalue weighted by molar-refractivity contribution is 0.478. The number of aromatic nitrogens is 2. The molecule has 3 nitrogen and oxygen atoms in total. The number of aromatic amines is 2. The Hall–Kier alpha value is -3.20. The molecule has 3 heterocycles. The number of hydrogen-bond acceptors (Lipinski definition) is 1. The summed E-state index contributed by atoms with van der Waals surface area (Å²) < 4.78 is 6.17. The monoisotopic (exact) mass is 354 g/mol. The second-order valence-electron chi connectivity index (χ2n) is 7.30. The van der Waals surface area contributed by atoms with E-state index in [9.17, 15) is 0 Å². The number of rotatable bonds is 3. The number of hydrogen-bond donors (Lipinski definition) is 2. The predicted molar refractivity (Wildman–Crippen MR) is 110 cm³/mol. The van der Waals surface area contributed by atoms with Crippen LogP contribution in [-0.2, 0) is 0 Å². The minimum atomic E-state index is 0.0333. The van der Waals surface area contributed by atoms with E-state index in [0.717, 1.165) is 22.6 Å². The van der Waals surface area contributed by atoms with Gasteiger partial charge in [-0.05, 0) is 56.2 Å². The van der Waals surface area contributed by atoms with Gasteiger partial charge < -0.3 is 14.4 Å². The molecule has 5 rings (SSSR count). The van der Waals surface area contributed by atoms with Crippen LogP contribution in [0.5, 0.6) is 0 Å². The minimum Gasteiger partial charge on any atom is -0.465 e. The first-order chi connectivity index (χ1) is 13.1. The number of fused-ring (bicyclic) bond motifs is 2. The van der Waals surface area contributed by atoms with Crippen LogP contribution in [-0.4, -0.2) is 9.97 Å². The zero-order valence-electron chi connectivity index (χ0n) is 15.8. The molecule has 0 fully saturated rings. The highest BCUT2D eigenvalue weighted by Gasteiger charge is 2.29. The zero-order valence-corrected chi connectivity index (χ0v) is 15.8. The van der Waals surface area contributed by atoms with Crippen molar-refractivity contribution in [3.05, 3.63) is 94.7 Å². The van der Waals surface area contributed by atoms with Crippen molar-refractivity contribution < 1.29 is 4.42 Å². The third-order valence-corrected chi connectivity index (χ3v) is 5.51. The molecule has 0 aliphatic carbocycles. The number of aryl methyl sites for hydroxylation is 3. The summed E-state index contributed by atoms with van der Waals surface area (Å²) in [4.78, 5) is 7.12. The van der Waals surface area contributed by atoms with Gasteiger partial charge in [0.05, 0.1) is 5.92 Å². The molecule has 0 saturated carbocycles. The second-order valence-corrected chi connectivity index (χ2v) is 7.30. The van der Waals surface area contributed by atoms with Crippen LogP contribution in [0.4, 0.5) is 0 Å². The van der Waals surface area contributed by atoms with Gasteiger partial charge in [0.25, 0.3) is 0 Å². The van der Waals surface area contributed by atoms with E-state index >= 15 is 0 Å². The number of nitrogens with one attached hydrogen (secondary N) is 2. The fourth-order valence-electron chi connectivity index (χ4n) is 4.38. The van der Waals surface area contributed by atoms with Crippen molar-refractivity contribution in [1.29, 1.82) is 0 Å². The van der Waals surface area contributed by atoms with E-state index in [1.807, 2.05) is 6.92 Å². The summed E-state index contributed by atoms with van der Waals surface area (Å²) in [5.41, 5.74) is 7.26. The molecule has 2 N–H and O–H groups in total. The van der Waals surface area contributed by atoms with Crippen LogP contribution in [0.2, 0.25) is 0 Å². The van der Waals surface area contributed by atoms with Gasteiger partial charge in [0.1, 0.15) is 11.5 Å². The molecule has 0 atom stereocenters. The molecule has 0 unspecified atom stereocenters. The highest BCUT2D eigenvalue weighted by molar-refractivity contribution is 5.90. The Bertz CT molecular complexity index is 1190. The topological polar surface area (TPSA) is 44.7 Å². The Morgan fingerprint density at radius 3 is 1.67 bits per heavy atom. The average molecular weight is 354 g/mol. The molecular formula is C24H22N2O. The van der Waals surface area contributed by atoms with Crippen LogP contribution in [0.15, 0.2) is 65.1 Å². The molecule has 0 saturated heterocycles. The molecule has 3 heteroatoms. The molecule has 0 aliphatic heterocycles. The van der Waals surface area contributed by atoms with E-state index in [4.69, 9.17) is 4.42 Å². The van der Waals surface area contributed by atoms with Gasteiger partial charge in [-0.1, -0.05) is 36.4 Å². The van der Waals surface area contributed by atoms with Crippen LogP contribution in [0.3, 0.4) is 0 Å². The van der Waals surface area contributed by atoms with Crippen molar-refractivity contribution in [3.8, 4) is 0 Å². The molecule has 2 aromatic carbocycles. The van der Waals surface area contributed by atoms with E-state index in [-0.39, 0.29) is 5.92 Å². The van der Waals surface area contributed by atoms with Crippen molar-refractivity contribution in [2.75, 3.05) is 0 Å². The largest absolute Gasteiger partial charge is 0.465 e. The van der Waals surface area contributed by atoms with Crippen LogP contribution in [0.1, 0.15) is 40.0 Å². The third-order valence-electron chi connectivity index (χ3n) is 5.51. The fourth-order valence-corrected chi connectivity index (χ4v) is 4.38. The summed E-state index contributed by atoms with van der Waals surface area (Å²) in [6.07, 6.45) is 0. The minimum absolute atomic E-state index is 0.0333. The first-order valence-electron chi connectivity index (χ1n) is 9.34. The van der Waals surface area contributed by atoms with E-state index in [1.165, 1.54) is 33.3 Å². The van der Waals surface area contributed by atoms with Gasteiger partial charge in [0.2, 0.25) is 0 Å². The maximum Gasteiger partial charge on any atom is 0.116 e. The highest BCUT2D eigenvalue weighted by atomic mass is 16.3. The molecular weight excluding hydrogens is 332 g/mol. The average Bonchev–Trinajstić information content (AvgIpc) is 3.32. The molecule has 0 amide bonds. The Balaban J connectivity index is 1.87.